The van der Waals surface area contributed by atoms with E-state index < -0.39 is 6.16 Å². The zero-order chi connectivity index (χ0) is 8.72. The average Bonchev–Trinajstić information content (AvgIpc) is 2.30. The first-order valence-corrected chi connectivity index (χ1v) is 5.38. The molecule has 3 atom stereocenters. The maximum atomic E-state index is 10.7. The second-order valence-electron chi connectivity index (χ2n) is 2.72. The molecule has 0 bridgehead atoms. The molecule has 0 saturated carbocycles. The standard InChI is InChI=1S/C7H6Br2O3/c8-3-1-5-6(2-4(3)9)12-7(10)11-5/h1,3-4,6H,2H2. The van der Waals surface area contributed by atoms with Gasteiger partial charge in [-0.2, -0.15) is 0 Å². The first-order chi connectivity index (χ1) is 5.66. The normalized spacial score (nSPS) is 39.7. The summed E-state index contributed by atoms with van der Waals surface area (Å²) >= 11 is 6.91. The lowest BCUT2D eigenvalue weighted by atomic mass is 10.0. The van der Waals surface area contributed by atoms with Crippen molar-refractivity contribution in [1.29, 1.82) is 0 Å². The number of carbonyl (C=O) groups excluding carboxylic acids is 1. The van der Waals surface area contributed by atoms with Gasteiger partial charge in [0.05, 0.1) is 0 Å². The van der Waals surface area contributed by atoms with Gasteiger partial charge < -0.3 is 9.47 Å². The Morgan fingerprint density at radius 3 is 3.00 bits per heavy atom. The Morgan fingerprint density at radius 2 is 2.25 bits per heavy atom. The lowest BCUT2D eigenvalue weighted by molar-refractivity contribution is 0.116. The SMILES string of the molecule is O=C1OC2=CC(Br)C(Br)CC2O1. The molecular formula is C7H6Br2O3. The van der Waals surface area contributed by atoms with Gasteiger partial charge in [-0.15, -0.1) is 0 Å². The van der Waals surface area contributed by atoms with E-state index in [-0.39, 0.29) is 10.9 Å². The van der Waals surface area contributed by atoms with Gasteiger partial charge in [-0.1, -0.05) is 31.9 Å². The van der Waals surface area contributed by atoms with Gasteiger partial charge >= 0.3 is 6.16 Å². The van der Waals surface area contributed by atoms with Crippen molar-refractivity contribution in [2.75, 3.05) is 0 Å². The van der Waals surface area contributed by atoms with Crippen LogP contribution in [0, 0.1) is 0 Å². The summed E-state index contributed by atoms with van der Waals surface area (Å²) in [5.41, 5.74) is 0. The highest BCUT2D eigenvalue weighted by Gasteiger charge is 2.38. The number of rotatable bonds is 0. The number of hydrogen-bond donors (Lipinski definition) is 0. The summed E-state index contributed by atoms with van der Waals surface area (Å²) in [6.07, 6.45) is 1.84. The third-order valence-electron chi connectivity index (χ3n) is 1.87. The Hall–Kier alpha value is -0.0300. The largest absolute Gasteiger partial charge is 0.514 e. The van der Waals surface area contributed by atoms with Crippen LogP contribution in [0.4, 0.5) is 4.79 Å². The number of allylic oxidation sites excluding steroid dienone is 1. The molecule has 1 fully saturated rings. The number of alkyl halides is 2. The maximum absolute atomic E-state index is 10.7. The molecule has 0 N–H and O–H groups in total. The van der Waals surface area contributed by atoms with Crippen LogP contribution in [0.2, 0.25) is 0 Å². The number of ether oxygens (including phenoxy) is 2. The second-order valence-corrected chi connectivity index (χ2v) is 4.96. The Kier molecular flexibility index (Phi) is 2.16. The van der Waals surface area contributed by atoms with Crippen LogP contribution in [0.5, 0.6) is 0 Å². The van der Waals surface area contributed by atoms with E-state index in [1.165, 1.54) is 0 Å². The molecule has 0 amide bonds. The van der Waals surface area contributed by atoms with Crippen LogP contribution in [0.1, 0.15) is 6.42 Å². The molecule has 2 rings (SSSR count). The highest BCUT2D eigenvalue weighted by molar-refractivity contribution is 9.12. The fourth-order valence-electron chi connectivity index (χ4n) is 1.26. The summed E-state index contributed by atoms with van der Waals surface area (Å²) in [7, 11) is 0. The minimum atomic E-state index is -0.590. The second kappa shape index (κ2) is 3.03. The molecule has 0 spiro atoms. The van der Waals surface area contributed by atoms with Crippen LogP contribution in [0.3, 0.4) is 0 Å². The van der Waals surface area contributed by atoms with E-state index in [2.05, 4.69) is 31.9 Å². The van der Waals surface area contributed by atoms with E-state index in [0.29, 0.717) is 10.6 Å². The van der Waals surface area contributed by atoms with Gasteiger partial charge in [-0.25, -0.2) is 4.79 Å². The zero-order valence-corrected chi connectivity index (χ0v) is 9.17. The summed E-state index contributed by atoms with van der Waals surface area (Å²) in [6, 6.07) is 0. The molecule has 5 heteroatoms. The van der Waals surface area contributed by atoms with Crippen LogP contribution in [0.15, 0.2) is 11.8 Å². The molecule has 1 aliphatic carbocycles. The van der Waals surface area contributed by atoms with E-state index in [4.69, 9.17) is 9.47 Å². The van der Waals surface area contributed by atoms with Crippen molar-refractivity contribution >= 4 is 38.0 Å². The van der Waals surface area contributed by atoms with Gasteiger partial charge in [0.2, 0.25) is 0 Å². The van der Waals surface area contributed by atoms with Crippen LogP contribution in [-0.2, 0) is 9.47 Å². The number of carbonyl (C=O) groups is 1. The molecule has 1 aliphatic heterocycles. The van der Waals surface area contributed by atoms with Crippen molar-refractivity contribution in [1.82, 2.24) is 0 Å². The third-order valence-corrected chi connectivity index (χ3v) is 4.42. The summed E-state index contributed by atoms with van der Waals surface area (Å²) in [6.45, 7) is 0. The van der Waals surface area contributed by atoms with Crippen LogP contribution >= 0.6 is 31.9 Å². The molecule has 0 aromatic rings. The summed E-state index contributed by atoms with van der Waals surface area (Å²) < 4.78 is 9.74. The fourth-order valence-corrected chi connectivity index (χ4v) is 2.23. The van der Waals surface area contributed by atoms with Crippen LogP contribution in [-0.4, -0.2) is 21.9 Å². The average molecular weight is 298 g/mol. The maximum Gasteiger partial charge on any atom is 0.514 e. The minimum Gasteiger partial charge on any atom is -0.422 e. The van der Waals surface area contributed by atoms with E-state index in [0.717, 1.165) is 6.42 Å². The van der Waals surface area contributed by atoms with E-state index in [9.17, 15) is 4.79 Å². The van der Waals surface area contributed by atoms with E-state index in [1.54, 1.807) is 0 Å². The minimum absolute atomic E-state index is 0.185. The molecule has 2 aliphatic rings. The quantitative estimate of drug-likeness (QED) is 0.508. The molecule has 3 unspecified atom stereocenters. The van der Waals surface area contributed by atoms with Gasteiger partial charge in [-0.05, 0) is 6.08 Å². The lowest BCUT2D eigenvalue weighted by Crippen LogP contribution is -2.26. The highest BCUT2D eigenvalue weighted by atomic mass is 79.9. The molecule has 1 saturated heterocycles. The number of halogens is 2. The highest BCUT2D eigenvalue weighted by Crippen LogP contribution is 2.34. The smallest absolute Gasteiger partial charge is 0.422 e. The summed E-state index contributed by atoms with van der Waals surface area (Å²) in [5, 5.41) is 0. The van der Waals surface area contributed by atoms with E-state index in [1.807, 2.05) is 6.08 Å². The van der Waals surface area contributed by atoms with Crippen molar-refractivity contribution in [2.45, 2.75) is 22.2 Å². The predicted octanol–water partition coefficient (Wildman–Crippen LogP) is 2.34. The molecule has 3 nitrogen and oxygen atoms in total. The molecule has 0 radical (unpaired) electrons. The van der Waals surface area contributed by atoms with Crippen LogP contribution < -0.4 is 0 Å². The van der Waals surface area contributed by atoms with Crippen molar-refractivity contribution < 1.29 is 14.3 Å². The van der Waals surface area contributed by atoms with Crippen molar-refractivity contribution in [3.05, 3.63) is 11.8 Å². The van der Waals surface area contributed by atoms with Crippen LogP contribution in [0.25, 0.3) is 0 Å². The molecule has 66 valence electrons. The Balaban J connectivity index is 2.22. The number of hydrogen-bond acceptors (Lipinski definition) is 3. The Morgan fingerprint density at radius 1 is 1.50 bits per heavy atom. The van der Waals surface area contributed by atoms with Gasteiger partial charge in [-0.3, -0.25) is 0 Å². The zero-order valence-electron chi connectivity index (χ0n) is 6.00. The monoisotopic (exact) mass is 296 g/mol. The fraction of sp³-hybridized carbons (Fsp3) is 0.571. The van der Waals surface area contributed by atoms with Gasteiger partial charge in [0.1, 0.15) is 5.76 Å². The molecule has 0 aromatic carbocycles. The van der Waals surface area contributed by atoms with Gasteiger partial charge in [0, 0.05) is 16.1 Å². The van der Waals surface area contributed by atoms with Crippen molar-refractivity contribution in [2.24, 2.45) is 0 Å². The Bertz CT molecular complexity index is 251. The number of fused-ring (bicyclic) bond motifs is 1. The molecule has 0 aromatic heterocycles. The first kappa shape index (κ1) is 8.56. The van der Waals surface area contributed by atoms with Crippen molar-refractivity contribution in [3.63, 3.8) is 0 Å². The van der Waals surface area contributed by atoms with Crippen molar-refractivity contribution in [3.8, 4) is 0 Å². The Labute approximate surface area is 86.4 Å². The van der Waals surface area contributed by atoms with E-state index >= 15 is 0 Å². The van der Waals surface area contributed by atoms with Gasteiger partial charge in [0.15, 0.2) is 6.10 Å². The summed E-state index contributed by atoms with van der Waals surface area (Å²) in [4.78, 5) is 11.2. The first-order valence-electron chi connectivity index (χ1n) is 3.55. The predicted molar refractivity (Wildman–Crippen MR) is 49.5 cm³/mol. The third kappa shape index (κ3) is 1.40. The lowest BCUT2D eigenvalue weighted by Gasteiger charge is -2.21. The molecule has 1 heterocycles. The molecular weight excluding hydrogens is 292 g/mol. The van der Waals surface area contributed by atoms with Gasteiger partial charge in [0.25, 0.3) is 0 Å². The molecule has 12 heavy (non-hydrogen) atoms. The summed E-state index contributed by atoms with van der Waals surface area (Å²) in [5.74, 6) is 0.637. The topological polar surface area (TPSA) is 35.5 Å².